The van der Waals surface area contributed by atoms with Gasteiger partial charge in [-0.05, 0) is 50.1 Å². The summed E-state index contributed by atoms with van der Waals surface area (Å²) in [7, 11) is 0. The van der Waals surface area contributed by atoms with Crippen molar-refractivity contribution in [1.29, 1.82) is 0 Å². The third-order valence-corrected chi connectivity index (χ3v) is 4.70. The van der Waals surface area contributed by atoms with E-state index < -0.39 is 0 Å². The fraction of sp³-hybridized carbons (Fsp3) is 0.625. The van der Waals surface area contributed by atoms with Crippen molar-refractivity contribution in [3.05, 3.63) is 33.3 Å². The maximum absolute atomic E-state index is 6.39. The molecule has 2 unspecified atom stereocenters. The Labute approximate surface area is 136 Å². The van der Waals surface area contributed by atoms with Crippen molar-refractivity contribution in [1.82, 2.24) is 4.90 Å². The van der Waals surface area contributed by atoms with Crippen molar-refractivity contribution in [3.63, 3.8) is 0 Å². The highest BCUT2D eigenvalue weighted by molar-refractivity contribution is 9.10. The molecule has 0 aliphatic rings. The minimum absolute atomic E-state index is 0.182. The quantitative estimate of drug-likeness (QED) is 0.705. The monoisotopic (exact) mass is 360 g/mol. The van der Waals surface area contributed by atoms with Crippen molar-refractivity contribution in [2.75, 3.05) is 13.1 Å². The fourth-order valence-corrected chi connectivity index (χ4v) is 3.09. The van der Waals surface area contributed by atoms with Crippen LogP contribution < -0.4 is 5.73 Å². The lowest BCUT2D eigenvalue weighted by atomic mass is 10.0. The molecule has 0 amide bonds. The number of rotatable bonds is 8. The predicted octanol–water partition coefficient (Wildman–Crippen LogP) is 5.00. The van der Waals surface area contributed by atoms with Crippen molar-refractivity contribution in [3.8, 4) is 0 Å². The van der Waals surface area contributed by atoms with E-state index in [9.17, 15) is 0 Å². The van der Waals surface area contributed by atoms with Crippen LogP contribution in [0.2, 0.25) is 5.02 Å². The molecule has 0 bridgehead atoms. The molecular formula is C16H26BrClN2. The van der Waals surface area contributed by atoms with Crippen LogP contribution in [0.3, 0.4) is 0 Å². The van der Waals surface area contributed by atoms with Crippen LogP contribution in [0.1, 0.15) is 51.6 Å². The Bertz CT molecular complexity index is 411. The van der Waals surface area contributed by atoms with E-state index in [4.69, 9.17) is 17.3 Å². The summed E-state index contributed by atoms with van der Waals surface area (Å²) < 4.78 is 1.05. The summed E-state index contributed by atoms with van der Waals surface area (Å²) in [6, 6.07) is 6.70. The first-order valence-electron chi connectivity index (χ1n) is 7.45. The molecule has 1 aromatic carbocycles. The molecule has 2 nitrogen and oxygen atoms in total. The Balaban J connectivity index is 3.07. The zero-order chi connectivity index (χ0) is 15.1. The van der Waals surface area contributed by atoms with E-state index in [1.54, 1.807) is 0 Å². The molecule has 114 valence electrons. The second-order valence-corrected chi connectivity index (χ2v) is 6.59. The average molecular weight is 362 g/mol. The van der Waals surface area contributed by atoms with Crippen LogP contribution in [0, 0.1) is 0 Å². The largest absolute Gasteiger partial charge is 0.329 e. The van der Waals surface area contributed by atoms with E-state index in [2.05, 4.69) is 47.7 Å². The highest BCUT2D eigenvalue weighted by Crippen LogP contribution is 2.31. The number of unbranched alkanes of at least 4 members (excludes halogenated alkanes) is 1. The molecule has 0 saturated carbocycles. The minimum atomic E-state index is 0.182. The van der Waals surface area contributed by atoms with Gasteiger partial charge in [0, 0.05) is 28.1 Å². The molecule has 0 aromatic heterocycles. The van der Waals surface area contributed by atoms with E-state index in [1.165, 1.54) is 12.8 Å². The molecule has 2 N–H and O–H groups in total. The molecule has 0 saturated heterocycles. The van der Waals surface area contributed by atoms with Crippen LogP contribution in [0.15, 0.2) is 22.7 Å². The number of hydrogen-bond acceptors (Lipinski definition) is 2. The van der Waals surface area contributed by atoms with Crippen LogP contribution in [0.5, 0.6) is 0 Å². The highest BCUT2D eigenvalue weighted by atomic mass is 79.9. The van der Waals surface area contributed by atoms with E-state index in [0.29, 0.717) is 12.6 Å². The van der Waals surface area contributed by atoms with Gasteiger partial charge in [-0.3, -0.25) is 4.90 Å². The molecule has 20 heavy (non-hydrogen) atoms. The normalized spacial score (nSPS) is 14.6. The van der Waals surface area contributed by atoms with E-state index in [1.807, 2.05) is 12.1 Å². The van der Waals surface area contributed by atoms with Crippen LogP contribution in [-0.2, 0) is 0 Å². The lowest BCUT2D eigenvalue weighted by Gasteiger charge is -2.36. The van der Waals surface area contributed by atoms with Gasteiger partial charge in [0.1, 0.15) is 0 Å². The van der Waals surface area contributed by atoms with Gasteiger partial charge in [0.05, 0.1) is 0 Å². The third kappa shape index (κ3) is 4.73. The molecule has 2 atom stereocenters. The van der Waals surface area contributed by atoms with Crippen LogP contribution >= 0.6 is 27.5 Å². The Morgan fingerprint density at radius 2 is 2.05 bits per heavy atom. The zero-order valence-electron chi connectivity index (χ0n) is 12.7. The van der Waals surface area contributed by atoms with Crippen molar-refractivity contribution in [2.24, 2.45) is 5.73 Å². The van der Waals surface area contributed by atoms with Crippen molar-refractivity contribution >= 4 is 27.5 Å². The molecule has 0 spiro atoms. The van der Waals surface area contributed by atoms with E-state index >= 15 is 0 Å². The number of hydrogen-bond donors (Lipinski definition) is 1. The second-order valence-electron chi connectivity index (χ2n) is 5.27. The van der Waals surface area contributed by atoms with Gasteiger partial charge in [0.15, 0.2) is 0 Å². The van der Waals surface area contributed by atoms with Crippen LogP contribution in [0.4, 0.5) is 0 Å². The number of benzene rings is 1. The lowest BCUT2D eigenvalue weighted by molar-refractivity contribution is 0.141. The van der Waals surface area contributed by atoms with Gasteiger partial charge in [0.25, 0.3) is 0 Å². The molecule has 4 heteroatoms. The third-order valence-electron chi connectivity index (χ3n) is 3.87. The Hall–Kier alpha value is -0.0900. The number of nitrogens with zero attached hydrogens (tertiary/aromatic N) is 1. The summed E-state index contributed by atoms with van der Waals surface area (Å²) in [6.45, 7) is 8.36. The Kier molecular flexibility index (Phi) is 8.11. The van der Waals surface area contributed by atoms with Gasteiger partial charge in [-0.15, -0.1) is 0 Å². The van der Waals surface area contributed by atoms with Crippen molar-refractivity contribution < 1.29 is 0 Å². The highest BCUT2D eigenvalue weighted by Gasteiger charge is 2.24. The summed E-state index contributed by atoms with van der Waals surface area (Å²) in [5.41, 5.74) is 7.20. The first-order chi connectivity index (χ1) is 9.54. The van der Waals surface area contributed by atoms with Gasteiger partial charge < -0.3 is 5.73 Å². The Morgan fingerprint density at radius 3 is 2.60 bits per heavy atom. The summed E-state index contributed by atoms with van der Waals surface area (Å²) in [6.07, 6.45) is 3.49. The summed E-state index contributed by atoms with van der Waals surface area (Å²) in [4.78, 5) is 2.50. The standard InChI is InChI=1S/C16H26BrClN2/c1-4-6-9-20(12(3)5-2)16(11-19)14-10-13(17)7-8-15(14)18/h7-8,10,12,16H,4-6,9,11,19H2,1-3H3. The fourth-order valence-electron chi connectivity index (χ4n) is 2.47. The molecule has 1 rings (SSSR count). The maximum atomic E-state index is 6.39. The minimum Gasteiger partial charge on any atom is -0.329 e. The van der Waals surface area contributed by atoms with Gasteiger partial charge in [-0.25, -0.2) is 0 Å². The predicted molar refractivity (Wildman–Crippen MR) is 92.3 cm³/mol. The zero-order valence-corrected chi connectivity index (χ0v) is 15.0. The first kappa shape index (κ1) is 18.0. The Morgan fingerprint density at radius 1 is 1.35 bits per heavy atom. The van der Waals surface area contributed by atoms with Gasteiger partial charge in [-0.2, -0.15) is 0 Å². The van der Waals surface area contributed by atoms with Crippen LogP contribution in [0.25, 0.3) is 0 Å². The molecule has 1 aromatic rings. The summed E-state index contributed by atoms with van der Waals surface area (Å²) in [5.74, 6) is 0. The average Bonchev–Trinajstić information content (AvgIpc) is 2.45. The molecule has 0 aliphatic carbocycles. The van der Waals surface area contributed by atoms with E-state index in [0.717, 1.165) is 28.0 Å². The topological polar surface area (TPSA) is 29.3 Å². The van der Waals surface area contributed by atoms with Gasteiger partial charge >= 0.3 is 0 Å². The SMILES string of the molecule is CCCCN(C(C)CC)C(CN)c1cc(Br)ccc1Cl. The van der Waals surface area contributed by atoms with Crippen LogP contribution in [-0.4, -0.2) is 24.0 Å². The molecular weight excluding hydrogens is 336 g/mol. The van der Waals surface area contributed by atoms with Gasteiger partial charge in [0.2, 0.25) is 0 Å². The molecule has 0 fully saturated rings. The number of halogens is 2. The summed E-state index contributed by atoms with van der Waals surface area (Å²) in [5, 5.41) is 0.799. The van der Waals surface area contributed by atoms with Gasteiger partial charge in [-0.1, -0.05) is 47.8 Å². The number of nitrogens with two attached hydrogens (primary N) is 1. The smallest absolute Gasteiger partial charge is 0.0488 e. The molecule has 0 aliphatic heterocycles. The summed E-state index contributed by atoms with van der Waals surface area (Å²) >= 11 is 9.92. The maximum Gasteiger partial charge on any atom is 0.0488 e. The second kappa shape index (κ2) is 9.04. The van der Waals surface area contributed by atoms with Crippen molar-refractivity contribution in [2.45, 2.75) is 52.1 Å². The lowest BCUT2D eigenvalue weighted by Crippen LogP contribution is -2.40. The first-order valence-corrected chi connectivity index (χ1v) is 8.62. The van der Waals surface area contributed by atoms with E-state index in [-0.39, 0.29) is 6.04 Å². The molecule has 0 radical (unpaired) electrons. The molecule has 0 heterocycles.